The molecular weight excluding hydrogens is 234 g/mol. The summed E-state index contributed by atoms with van der Waals surface area (Å²) >= 11 is 0. The van der Waals surface area contributed by atoms with Crippen molar-refractivity contribution in [1.29, 1.82) is 0 Å². The Kier molecular flexibility index (Phi) is 2.30. The molecule has 18 heavy (non-hydrogen) atoms. The van der Waals surface area contributed by atoms with Crippen LogP contribution in [0.15, 0.2) is 40.4 Å². The molecule has 3 rings (SSSR count). The Balaban J connectivity index is 2.15. The average Bonchev–Trinajstić information content (AvgIpc) is 2.67. The van der Waals surface area contributed by atoms with Crippen LogP contribution in [0.3, 0.4) is 0 Å². The van der Waals surface area contributed by atoms with Gasteiger partial charge >= 0.3 is 0 Å². The van der Waals surface area contributed by atoms with Gasteiger partial charge in [0.25, 0.3) is 5.56 Å². The molecular formula is C11H9N5O2. The van der Waals surface area contributed by atoms with Crippen LogP contribution in [-0.4, -0.2) is 24.7 Å². The molecule has 0 spiro atoms. The number of aromatic amines is 2. The number of nitrogens with one attached hydrogen (secondary N) is 2. The van der Waals surface area contributed by atoms with Gasteiger partial charge in [-0.3, -0.25) is 29.3 Å². The van der Waals surface area contributed by atoms with Crippen LogP contribution in [-0.2, 0) is 6.54 Å². The van der Waals surface area contributed by atoms with E-state index in [1.807, 2.05) is 0 Å². The molecule has 3 aromatic heterocycles. The highest BCUT2D eigenvalue weighted by Gasteiger charge is 2.07. The first-order valence-electron chi connectivity index (χ1n) is 5.30. The Morgan fingerprint density at radius 2 is 2.17 bits per heavy atom. The number of hydrogen-bond acceptors (Lipinski definition) is 4. The van der Waals surface area contributed by atoms with E-state index >= 15 is 0 Å². The summed E-state index contributed by atoms with van der Waals surface area (Å²) in [5, 5.41) is 3.11. The molecule has 0 aliphatic heterocycles. The van der Waals surface area contributed by atoms with Crippen LogP contribution in [0.25, 0.3) is 10.9 Å². The standard InChI is InChI=1S/C11H9N5O2/c17-10-3-9-8(5-14-10)11(18)15-16(9)6-7-4-12-1-2-13-7/h1-5H,6H2,(H,14,17)(H,15,18). The second-order valence-corrected chi connectivity index (χ2v) is 3.82. The second-order valence-electron chi connectivity index (χ2n) is 3.82. The van der Waals surface area contributed by atoms with E-state index in [1.165, 1.54) is 12.3 Å². The van der Waals surface area contributed by atoms with Gasteiger partial charge in [0, 0.05) is 24.7 Å². The third kappa shape index (κ3) is 1.71. The van der Waals surface area contributed by atoms with Crippen molar-refractivity contribution in [2.24, 2.45) is 0 Å². The highest BCUT2D eigenvalue weighted by Crippen LogP contribution is 2.06. The van der Waals surface area contributed by atoms with Gasteiger partial charge in [-0.15, -0.1) is 0 Å². The topological polar surface area (TPSA) is 96.4 Å². The summed E-state index contributed by atoms with van der Waals surface area (Å²) in [6.07, 6.45) is 6.16. The molecule has 0 saturated heterocycles. The van der Waals surface area contributed by atoms with E-state index in [0.717, 1.165) is 0 Å². The van der Waals surface area contributed by atoms with Gasteiger partial charge < -0.3 is 4.98 Å². The zero-order valence-corrected chi connectivity index (χ0v) is 9.25. The molecule has 2 N–H and O–H groups in total. The van der Waals surface area contributed by atoms with Crippen LogP contribution in [0.4, 0.5) is 0 Å². The lowest BCUT2D eigenvalue weighted by atomic mass is 10.3. The Morgan fingerprint density at radius 3 is 2.94 bits per heavy atom. The lowest BCUT2D eigenvalue weighted by Crippen LogP contribution is -2.08. The molecule has 0 bridgehead atoms. The van der Waals surface area contributed by atoms with Gasteiger partial charge in [-0.25, -0.2) is 0 Å². The van der Waals surface area contributed by atoms with E-state index in [1.54, 1.807) is 23.3 Å². The fraction of sp³-hybridized carbons (Fsp3) is 0.0909. The van der Waals surface area contributed by atoms with E-state index in [-0.39, 0.29) is 11.1 Å². The lowest BCUT2D eigenvalue weighted by molar-refractivity contribution is 0.685. The largest absolute Gasteiger partial charge is 0.328 e. The maximum atomic E-state index is 11.7. The predicted molar refractivity (Wildman–Crippen MR) is 64.3 cm³/mol. The molecule has 0 atom stereocenters. The van der Waals surface area contributed by atoms with Crippen molar-refractivity contribution in [2.75, 3.05) is 0 Å². The van der Waals surface area contributed by atoms with Gasteiger partial charge in [-0.1, -0.05) is 0 Å². The van der Waals surface area contributed by atoms with Gasteiger partial charge in [0.05, 0.1) is 29.3 Å². The van der Waals surface area contributed by atoms with Gasteiger partial charge in [-0.05, 0) is 0 Å². The van der Waals surface area contributed by atoms with Crippen molar-refractivity contribution >= 4 is 10.9 Å². The van der Waals surface area contributed by atoms with Crippen molar-refractivity contribution in [2.45, 2.75) is 6.54 Å². The number of nitrogens with zero attached hydrogens (tertiary/aromatic N) is 3. The van der Waals surface area contributed by atoms with E-state index < -0.39 is 0 Å². The summed E-state index contributed by atoms with van der Waals surface area (Å²) in [4.78, 5) is 33.5. The van der Waals surface area contributed by atoms with Crippen LogP contribution >= 0.6 is 0 Å². The molecule has 0 unspecified atom stereocenters. The molecule has 3 aromatic rings. The maximum absolute atomic E-state index is 11.7. The van der Waals surface area contributed by atoms with Crippen molar-refractivity contribution in [3.8, 4) is 0 Å². The van der Waals surface area contributed by atoms with Gasteiger partial charge in [-0.2, -0.15) is 0 Å². The molecule has 0 amide bonds. The third-order valence-electron chi connectivity index (χ3n) is 2.61. The van der Waals surface area contributed by atoms with Crippen molar-refractivity contribution in [3.63, 3.8) is 0 Å². The minimum absolute atomic E-state index is 0.245. The molecule has 7 nitrogen and oxygen atoms in total. The Morgan fingerprint density at radius 1 is 1.28 bits per heavy atom. The molecule has 0 fully saturated rings. The van der Waals surface area contributed by atoms with Gasteiger partial charge in [0.15, 0.2) is 0 Å². The molecule has 0 aromatic carbocycles. The number of H-pyrrole nitrogens is 2. The molecule has 0 saturated carbocycles. The molecule has 90 valence electrons. The summed E-state index contributed by atoms with van der Waals surface area (Å²) in [6.45, 7) is 0.357. The van der Waals surface area contributed by atoms with Crippen LogP contribution in [0, 0.1) is 0 Å². The van der Waals surface area contributed by atoms with Crippen LogP contribution in [0.1, 0.15) is 5.69 Å². The number of aromatic nitrogens is 5. The van der Waals surface area contributed by atoms with E-state index in [0.29, 0.717) is 23.1 Å². The van der Waals surface area contributed by atoms with E-state index in [2.05, 4.69) is 20.1 Å². The normalized spacial score (nSPS) is 10.9. The lowest BCUT2D eigenvalue weighted by Gasteiger charge is -2.02. The number of fused-ring (bicyclic) bond motifs is 1. The first-order chi connectivity index (χ1) is 8.74. The summed E-state index contributed by atoms with van der Waals surface area (Å²) in [5.41, 5.74) is 0.750. The first kappa shape index (κ1) is 10.5. The van der Waals surface area contributed by atoms with E-state index in [9.17, 15) is 9.59 Å². The molecule has 3 heterocycles. The minimum atomic E-state index is -0.255. The molecule has 0 aliphatic carbocycles. The predicted octanol–water partition coefficient (Wildman–Crippen LogP) is -0.144. The fourth-order valence-electron chi connectivity index (χ4n) is 1.81. The Labute approximate surface area is 100 Å². The zero-order chi connectivity index (χ0) is 12.5. The van der Waals surface area contributed by atoms with Crippen LogP contribution < -0.4 is 11.1 Å². The molecule has 0 radical (unpaired) electrons. The summed E-state index contributed by atoms with van der Waals surface area (Å²) in [6, 6.07) is 1.38. The van der Waals surface area contributed by atoms with Gasteiger partial charge in [0.2, 0.25) is 5.56 Å². The van der Waals surface area contributed by atoms with Crippen molar-refractivity contribution in [3.05, 3.63) is 57.3 Å². The smallest absolute Gasteiger partial charge is 0.273 e. The van der Waals surface area contributed by atoms with Crippen LogP contribution in [0.5, 0.6) is 0 Å². The Bertz CT molecular complexity index is 799. The highest BCUT2D eigenvalue weighted by molar-refractivity contribution is 5.76. The zero-order valence-electron chi connectivity index (χ0n) is 9.25. The second kappa shape index (κ2) is 3.95. The first-order valence-corrected chi connectivity index (χ1v) is 5.30. The number of rotatable bonds is 2. The Hall–Kier alpha value is -2.70. The third-order valence-corrected chi connectivity index (χ3v) is 2.61. The summed E-state index contributed by atoms with van der Waals surface area (Å²) in [7, 11) is 0. The SMILES string of the molecule is O=c1cc2c(c[nH]1)c(=O)[nH]n2Cc1cnccn1. The van der Waals surface area contributed by atoms with Crippen LogP contribution in [0.2, 0.25) is 0 Å². The minimum Gasteiger partial charge on any atom is -0.328 e. The number of pyridine rings is 1. The fourth-order valence-corrected chi connectivity index (χ4v) is 1.81. The van der Waals surface area contributed by atoms with Gasteiger partial charge in [0.1, 0.15) is 0 Å². The quantitative estimate of drug-likeness (QED) is 0.654. The van der Waals surface area contributed by atoms with E-state index in [4.69, 9.17) is 0 Å². The highest BCUT2D eigenvalue weighted by atomic mass is 16.1. The monoisotopic (exact) mass is 243 g/mol. The number of hydrogen-bond donors (Lipinski definition) is 2. The molecule has 0 aliphatic rings. The van der Waals surface area contributed by atoms with Crippen molar-refractivity contribution < 1.29 is 0 Å². The maximum Gasteiger partial charge on any atom is 0.273 e. The average molecular weight is 243 g/mol. The molecule has 7 heteroatoms. The summed E-state index contributed by atoms with van der Waals surface area (Å²) in [5.74, 6) is 0. The van der Waals surface area contributed by atoms with Crippen molar-refractivity contribution in [1.82, 2.24) is 24.7 Å². The summed E-state index contributed by atoms with van der Waals surface area (Å²) < 4.78 is 1.58.